The Morgan fingerprint density at radius 2 is 2.10 bits per heavy atom. The van der Waals surface area contributed by atoms with E-state index in [1.54, 1.807) is 0 Å². The predicted octanol–water partition coefficient (Wildman–Crippen LogP) is 2.69. The molecule has 6 heteroatoms. The third kappa shape index (κ3) is 3.00. The zero-order chi connectivity index (χ0) is 13.9. The lowest BCUT2D eigenvalue weighted by atomic mass is 10.1. The molecular formula is C14H21N5S. The van der Waals surface area contributed by atoms with E-state index >= 15 is 0 Å². The molecular weight excluding hydrogens is 270 g/mol. The van der Waals surface area contributed by atoms with Gasteiger partial charge in [0.1, 0.15) is 5.82 Å². The Hall–Kier alpha value is -1.43. The van der Waals surface area contributed by atoms with Gasteiger partial charge in [0, 0.05) is 24.8 Å². The van der Waals surface area contributed by atoms with Crippen LogP contribution in [0.15, 0.2) is 5.38 Å². The van der Waals surface area contributed by atoms with Crippen LogP contribution in [0.1, 0.15) is 55.4 Å². The highest BCUT2D eigenvalue weighted by molar-refractivity contribution is 7.13. The van der Waals surface area contributed by atoms with Crippen LogP contribution in [-0.4, -0.2) is 19.7 Å². The maximum Gasteiger partial charge on any atom is 0.180 e. The van der Waals surface area contributed by atoms with E-state index in [1.165, 1.54) is 37.0 Å². The van der Waals surface area contributed by atoms with Crippen molar-refractivity contribution < 1.29 is 0 Å². The van der Waals surface area contributed by atoms with Crippen LogP contribution in [0.4, 0.5) is 5.13 Å². The molecule has 0 aliphatic heterocycles. The number of aromatic nitrogens is 4. The molecule has 1 aliphatic carbocycles. The number of hydrogen-bond donors (Lipinski definition) is 1. The minimum Gasteiger partial charge on any atom is -0.375 e. The molecule has 5 nitrogen and oxygen atoms in total. The molecule has 1 aliphatic rings. The van der Waals surface area contributed by atoms with Gasteiger partial charge in [-0.2, -0.15) is 5.10 Å². The molecule has 0 bridgehead atoms. The predicted molar refractivity (Wildman–Crippen MR) is 80.8 cm³/mol. The number of nitrogens with two attached hydrogens (primary N) is 1. The van der Waals surface area contributed by atoms with E-state index in [-0.39, 0.29) is 0 Å². The van der Waals surface area contributed by atoms with E-state index in [0.717, 1.165) is 36.6 Å². The second-order valence-corrected chi connectivity index (χ2v) is 6.41. The Balaban J connectivity index is 1.57. The van der Waals surface area contributed by atoms with Gasteiger partial charge >= 0.3 is 0 Å². The normalized spacial score (nSPS) is 16.1. The molecule has 2 heterocycles. The van der Waals surface area contributed by atoms with Crippen molar-refractivity contribution in [3.8, 4) is 0 Å². The van der Waals surface area contributed by atoms with Gasteiger partial charge in [-0.05, 0) is 25.7 Å². The van der Waals surface area contributed by atoms with Crippen molar-refractivity contribution in [2.45, 2.75) is 50.9 Å². The molecule has 2 aromatic rings. The van der Waals surface area contributed by atoms with Crippen LogP contribution in [0.3, 0.4) is 0 Å². The highest BCUT2D eigenvalue weighted by Gasteiger charge is 2.21. The van der Waals surface area contributed by atoms with E-state index in [4.69, 9.17) is 10.7 Å². The average Bonchev–Trinajstić information content (AvgIpc) is 3.12. The molecule has 0 unspecified atom stereocenters. The van der Waals surface area contributed by atoms with Gasteiger partial charge in [0.15, 0.2) is 11.0 Å². The van der Waals surface area contributed by atoms with E-state index in [0.29, 0.717) is 11.0 Å². The van der Waals surface area contributed by atoms with Crippen LogP contribution >= 0.6 is 11.3 Å². The van der Waals surface area contributed by atoms with E-state index in [1.807, 2.05) is 17.1 Å². The van der Waals surface area contributed by atoms with Gasteiger partial charge in [0.25, 0.3) is 0 Å². The number of rotatable bonds is 5. The molecule has 20 heavy (non-hydrogen) atoms. The summed E-state index contributed by atoms with van der Waals surface area (Å²) in [6.07, 6.45) is 8.10. The Bertz CT molecular complexity index is 568. The van der Waals surface area contributed by atoms with Crippen molar-refractivity contribution in [1.29, 1.82) is 0 Å². The zero-order valence-corrected chi connectivity index (χ0v) is 12.7. The van der Waals surface area contributed by atoms with Crippen molar-refractivity contribution in [2.24, 2.45) is 7.05 Å². The summed E-state index contributed by atoms with van der Waals surface area (Å²) >= 11 is 1.51. The summed E-state index contributed by atoms with van der Waals surface area (Å²) in [5.74, 6) is 2.74. The summed E-state index contributed by atoms with van der Waals surface area (Å²) in [5, 5.41) is 7.29. The largest absolute Gasteiger partial charge is 0.375 e. The van der Waals surface area contributed by atoms with Gasteiger partial charge in [0.05, 0.1) is 5.69 Å². The van der Waals surface area contributed by atoms with Crippen LogP contribution in [0.2, 0.25) is 0 Å². The lowest BCUT2D eigenvalue weighted by Crippen LogP contribution is -2.00. The van der Waals surface area contributed by atoms with E-state index in [9.17, 15) is 0 Å². The first-order chi connectivity index (χ1) is 9.72. The molecule has 1 fully saturated rings. The summed E-state index contributed by atoms with van der Waals surface area (Å²) in [4.78, 5) is 9.02. The third-order valence-electron chi connectivity index (χ3n) is 3.99. The first-order valence-corrected chi connectivity index (χ1v) is 8.20. The van der Waals surface area contributed by atoms with Crippen LogP contribution in [0.25, 0.3) is 0 Å². The van der Waals surface area contributed by atoms with Crippen molar-refractivity contribution >= 4 is 16.5 Å². The highest BCUT2D eigenvalue weighted by atomic mass is 32.1. The fourth-order valence-corrected chi connectivity index (χ4v) is 3.48. The number of aryl methyl sites for hydroxylation is 3. The van der Waals surface area contributed by atoms with Crippen molar-refractivity contribution in [3.63, 3.8) is 0 Å². The smallest absolute Gasteiger partial charge is 0.180 e. The number of nitrogen functional groups attached to an aromatic ring is 1. The average molecular weight is 291 g/mol. The second kappa shape index (κ2) is 5.91. The quantitative estimate of drug-likeness (QED) is 0.919. The molecule has 0 aromatic carbocycles. The van der Waals surface area contributed by atoms with Crippen molar-refractivity contribution in [2.75, 3.05) is 5.73 Å². The third-order valence-corrected chi connectivity index (χ3v) is 4.72. The maximum absolute atomic E-state index is 5.64. The molecule has 3 rings (SSSR count). The molecule has 0 atom stereocenters. The van der Waals surface area contributed by atoms with E-state index in [2.05, 4.69) is 10.1 Å². The van der Waals surface area contributed by atoms with Crippen LogP contribution in [-0.2, 0) is 19.9 Å². The number of nitrogens with zero attached hydrogens (tertiary/aromatic N) is 4. The van der Waals surface area contributed by atoms with Gasteiger partial charge < -0.3 is 5.73 Å². The number of hydrogen-bond acceptors (Lipinski definition) is 5. The van der Waals surface area contributed by atoms with Gasteiger partial charge in [-0.25, -0.2) is 9.97 Å². The van der Waals surface area contributed by atoms with Crippen LogP contribution in [0.5, 0.6) is 0 Å². The summed E-state index contributed by atoms with van der Waals surface area (Å²) < 4.78 is 1.95. The topological polar surface area (TPSA) is 69.6 Å². The minimum absolute atomic E-state index is 0.591. The summed E-state index contributed by atoms with van der Waals surface area (Å²) in [7, 11) is 2.00. The second-order valence-electron chi connectivity index (χ2n) is 5.52. The van der Waals surface area contributed by atoms with Gasteiger partial charge in [-0.15, -0.1) is 11.3 Å². The summed E-state index contributed by atoms with van der Waals surface area (Å²) in [6.45, 7) is 0. The van der Waals surface area contributed by atoms with Crippen molar-refractivity contribution in [3.05, 3.63) is 22.7 Å². The Kier molecular flexibility index (Phi) is 4.00. The molecule has 108 valence electrons. The Labute approximate surface area is 123 Å². The summed E-state index contributed by atoms with van der Waals surface area (Å²) in [6, 6.07) is 0. The molecule has 2 aromatic heterocycles. The fraction of sp³-hybridized carbons (Fsp3) is 0.643. The number of thiazole rings is 1. The Morgan fingerprint density at radius 1 is 1.30 bits per heavy atom. The first-order valence-electron chi connectivity index (χ1n) is 7.32. The molecule has 0 amide bonds. The van der Waals surface area contributed by atoms with E-state index < -0.39 is 0 Å². The molecule has 0 saturated heterocycles. The number of anilines is 1. The lowest BCUT2D eigenvalue weighted by molar-refractivity contribution is 0.637. The monoisotopic (exact) mass is 291 g/mol. The molecule has 0 spiro atoms. The van der Waals surface area contributed by atoms with Gasteiger partial charge in [0.2, 0.25) is 0 Å². The molecule has 0 radical (unpaired) electrons. The van der Waals surface area contributed by atoms with Gasteiger partial charge in [-0.1, -0.05) is 12.8 Å². The van der Waals surface area contributed by atoms with Crippen LogP contribution in [0, 0.1) is 0 Å². The summed E-state index contributed by atoms with van der Waals surface area (Å²) in [5.41, 5.74) is 6.73. The molecule has 2 N–H and O–H groups in total. The SMILES string of the molecule is Cn1nc(C2CCCC2)nc1CCCc1csc(N)n1. The standard InChI is InChI=1S/C14H21N5S/c1-19-12(8-4-7-11-9-20-14(15)16-11)17-13(18-19)10-5-2-3-6-10/h9-10H,2-8H2,1H3,(H2,15,16). The van der Waals surface area contributed by atoms with Gasteiger partial charge in [-0.3, -0.25) is 4.68 Å². The Morgan fingerprint density at radius 3 is 2.80 bits per heavy atom. The highest BCUT2D eigenvalue weighted by Crippen LogP contribution is 2.32. The van der Waals surface area contributed by atoms with Crippen molar-refractivity contribution in [1.82, 2.24) is 19.7 Å². The fourth-order valence-electron chi connectivity index (χ4n) is 2.88. The minimum atomic E-state index is 0.591. The van der Waals surface area contributed by atoms with Crippen LogP contribution < -0.4 is 5.73 Å². The first kappa shape index (κ1) is 13.5. The molecule has 1 saturated carbocycles. The lowest BCUT2D eigenvalue weighted by Gasteiger charge is -2.00. The zero-order valence-electron chi connectivity index (χ0n) is 11.9. The maximum atomic E-state index is 5.64.